The highest BCUT2D eigenvalue weighted by Gasteiger charge is 2.31. The van der Waals surface area contributed by atoms with Crippen LogP contribution < -0.4 is 0 Å². The standard InChI is InChI=1S/C19H23N3O3/c23-18(22-9-3-4-15(22)12-21-7-1-2-8-21)13-5-6-16-14(10-13)11-17(20-16)19(24)25/h5-6,10-11,15,20H,1-4,7-9,12H2,(H,24,25)/t15-/m0/s1. The van der Waals surface area contributed by atoms with Crippen LogP contribution in [0.4, 0.5) is 0 Å². The fourth-order valence-electron chi connectivity index (χ4n) is 4.10. The molecule has 0 spiro atoms. The van der Waals surface area contributed by atoms with Crippen LogP contribution in [-0.2, 0) is 0 Å². The van der Waals surface area contributed by atoms with Crippen molar-refractivity contribution in [3.05, 3.63) is 35.5 Å². The van der Waals surface area contributed by atoms with E-state index in [0.717, 1.165) is 49.9 Å². The Bertz CT molecular complexity index is 807. The summed E-state index contributed by atoms with van der Waals surface area (Å²) in [4.78, 5) is 31.4. The molecule has 4 rings (SSSR count). The number of carboxylic acid groups (broad SMARTS) is 1. The van der Waals surface area contributed by atoms with E-state index in [1.807, 2.05) is 4.90 Å². The Morgan fingerprint density at radius 3 is 2.68 bits per heavy atom. The van der Waals surface area contributed by atoms with Crippen LogP contribution in [-0.4, -0.2) is 64.0 Å². The molecule has 1 aromatic heterocycles. The van der Waals surface area contributed by atoms with E-state index < -0.39 is 5.97 Å². The van der Waals surface area contributed by atoms with Crippen molar-refractivity contribution in [3.8, 4) is 0 Å². The van der Waals surface area contributed by atoms with Gasteiger partial charge in [0.05, 0.1) is 0 Å². The minimum atomic E-state index is -0.991. The fraction of sp³-hybridized carbons (Fsp3) is 0.474. The molecule has 0 aliphatic carbocycles. The van der Waals surface area contributed by atoms with Gasteiger partial charge >= 0.3 is 5.97 Å². The number of nitrogens with one attached hydrogen (secondary N) is 1. The number of likely N-dealkylation sites (tertiary alicyclic amines) is 2. The van der Waals surface area contributed by atoms with Crippen LogP contribution >= 0.6 is 0 Å². The van der Waals surface area contributed by atoms with Gasteiger partial charge in [0, 0.05) is 35.6 Å². The van der Waals surface area contributed by atoms with Crippen LogP contribution in [0.5, 0.6) is 0 Å². The van der Waals surface area contributed by atoms with Gasteiger partial charge in [0.1, 0.15) is 5.69 Å². The third-order valence-electron chi connectivity index (χ3n) is 5.40. The number of rotatable bonds is 4. The maximum absolute atomic E-state index is 13.0. The first kappa shape index (κ1) is 16.1. The molecule has 1 atom stereocenters. The molecule has 0 saturated carbocycles. The van der Waals surface area contributed by atoms with Crippen LogP contribution in [0, 0.1) is 0 Å². The minimum Gasteiger partial charge on any atom is -0.477 e. The molecule has 132 valence electrons. The minimum absolute atomic E-state index is 0.0571. The van der Waals surface area contributed by atoms with E-state index in [-0.39, 0.29) is 11.6 Å². The number of carbonyl (C=O) groups excluding carboxylic acids is 1. The van der Waals surface area contributed by atoms with Crippen molar-refractivity contribution in [2.75, 3.05) is 26.2 Å². The summed E-state index contributed by atoms with van der Waals surface area (Å²) in [5.74, 6) is -0.934. The summed E-state index contributed by atoms with van der Waals surface area (Å²) in [5, 5.41) is 9.86. The fourth-order valence-corrected chi connectivity index (χ4v) is 4.10. The van der Waals surface area contributed by atoms with Crippen molar-refractivity contribution >= 4 is 22.8 Å². The zero-order valence-electron chi connectivity index (χ0n) is 14.2. The van der Waals surface area contributed by atoms with Crippen LogP contribution in [0.1, 0.15) is 46.5 Å². The molecule has 3 heterocycles. The molecule has 2 N–H and O–H groups in total. The van der Waals surface area contributed by atoms with E-state index in [2.05, 4.69) is 9.88 Å². The van der Waals surface area contributed by atoms with Gasteiger partial charge in [-0.2, -0.15) is 0 Å². The lowest BCUT2D eigenvalue weighted by molar-refractivity contribution is 0.0688. The predicted molar refractivity (Wildman–Crippen MR) is 95.0 cm³/mol. The molecule has 0 unspecified atom stereocenters. The molecule has 0 bridgehead atoms. The van der Waals surface area contributed by atoms with Gasteiger partial charge in [-0.1, -0.05) is 0 Å². The molecule has 6 heteroatoms. The summed E-state index contributed by atoms with van der Waals surface area (Å²) < 4.78 is 0. The number of H-pyrrole nitrogens is 1. The molecular formula is C19H23N3O3. The molecule has 1 amide bonds. The Kier molecular flexibility index (Phi) is 4.21. The second kappa shape index (κ2) is 6.52. The largest absolute Gasteiger partial charge is 0.477 e. The highest BCUT2D eigenvalue weighted by atomic mass is 16.4. The van der Waals surface area contributed by atoms with E-state index in [4.69, 9.17) is 5.11 Å². The number of hydrogen-bond donors (Lipinski definition) is 2. The van der Waals surface area contributed by atoms with Crippen molar-refractivity contribution in [2.45, 2.75) is 31.7 Å². The number of aromatic amines is 1. The van der Waals surface area contributed by atoms with Gasteiger partial charge in [0.25, 0.3) is 5.91 Å². The summed E-state index contributed by atoms with van der Waals surface area (Å²) >= 11 is 0. The van der Waals surface area contributed by atoms with E-state index in [0.29, 0.717) is 11.6 Å². The number of carbonyl (C=O) groups is 2. The topological polar surface area (TPSA) is 76.6 Å². The monoisotopic (exact) mass is 341 g/mol. The molecule has 25 heavy (non-hydrogen) atoms. The molecule has 2 fully saturated rings. The number of aromatic nitrogens is 1. The Labute approximate surface area is 146 Å². The molecule has 2 aliphatic heterocycles. The second-order valence-corrected chi connectivity index (χ2v) is 7.09. The summed E-state index contributed by atoms with van der Waals surface area (Å²) in [7, 11) is 0. The average Bonchev–Trinajstić information content (AvgIpc) is 3.34. The Balaban J connectivity index is 1.54. The first-order valence-corrected chi connectivity index (χ1v) is 9.01. The van der Waals surface area contributed by atoms with E-state index in [1.54, 1.807) is 24.3 Å². The van der Waals surface area contributed by atoms with Crippen molar-refractivity contribution in [2.24, 2.45) is 0 Å². The molecule has 6 nitrogen and oxygen atoms in total. The smallest absolute Gasteiger partial charge is 0.352 e. The SMILES string of the molecule is O=C(O)c1cc2cc(C(=O)N3CCC[C@H]3CN3CCCC3)ccc2[nH]1. The number of fused-ring (bicyclic) bond motifs is 1. The first-order valence-electron chi connectivity index (χ1n) is 9.01. The second-order valence-electron chi connectivity index (χ2n) is 7.09. The molecule has 0 radical (unpaired) electrons. The van der Waals surface area contributed by atoms with Crippen molar-refractivity contribution in [3.63, 3.8) is 0 Å². The number of nitrogens with zero attached hydrogens (tertiary/aromatic N) is 2. The van der Waals surface area contributed by atoms with Gasteiger partial charge < -0.3 is 19.9 Å². The van der Waals surface area contributed by atoms with Crippen molar-refractivity contribution in [1.29, 1.82) is 0 Å². The first-order chi connectivity index (χ1) is 12.1. The van der Waals surface area contributed by atoms with Crippen molar-refractivity contribution in [1.82, 2.24) is 14.8 Å². The van der Waals surface area contributed by atoms with E-state index >= 15 is 0 Å². The van der Waals surface area contributed by atoms with Gasteiger partial charge in [-0.3, -0.25) is 4.79 Å². The highest BCUT2D eigenvalue weighted by molar-refractivity contribution is 6.00. The lowest BCUT2D eigenvalue weighted by Crippen LogP contribution is -2.42. The maximum Gasteiger partial charge on any atom is 0.352 e. The van der Waals surface area contributed by atoms with Gasteiger partial charge in [-0.05, 0) is 63.0 Å². The Morgan fingerprint density at radius 2 is 1.92 bits per heavy atom. The molecule has 2 saturated heterocycles. The van der Waals surface area contributed by atoms with E-state index in [1.165, 1.54) is 12.8 Å². The Hall–Kier alpha value is -2.34. The van der Waals surface area contributed by atoms with Gasteiger partial charge in [-0.25, -0.2) is 4.79 Å². The zero-order chi connectivity index (χ0) is 17.4. The molecule has 2 aliphatic rings. The van der Waals surface area contributed by atoms with Gasteiger partial charge in [0.15, 0.2) is 0 Å². The number of amides is 1. The lowest BCUT2D eigenvalue weighted by Gasteiger charge is -2.28. The zero-order valence-corrected chi connectivity index (χ0v) is 14.2. The number of carboxylic acids is 1. The van der Waals surface area contributed by atoms with Crippen molar-refractivity contribution < 1.29 is 14.7 Å². The van der Waals surface area contributed by atoms with Gasteiger partial charge in [0.2, 0.25) is 0 Å². The average molecular weight is 341 g/mol. The summed E-state index contributed by atoms with van der Waals surface area (Å²) in [6.45, 7) is 4.07. The maximum atomic E-state index is 13.0. The third kappa shape index (κ3) is 3.14. The highest BCUT2D eigenvalue weighted by Crippen LogP contribution is 2.24. The quantitative estimate of drug-likeness (QED) is 0.896. The van der Waals surface area contributed by atoms with Crippen LogP contribution in [0.25, 0.3) is 10.9 Å². The van der Waals surface area contributed by atoms with Crippen LogP contribution in [0.3, 0.4) is 0 Å². The summed E-state index contributed by atoms with van der Waals surface area (Å²) in [5.41, 5.74) is 1.52. The van der Waals surface area contributed by atoms with Crippen LogP contribution in [0.2, 0.25) is 0 Å². The number of hydrogen-bond acceptors (Lipinski definition) is 3. The summed E-state index contributed by atoms with van der Waals surface area (Å²) in [6.07, 6.45) is 4.64. The number of aromatic carboxylic acids is 1. The molecule has 2 aromatic rings. The number of benzene rings is 1. The van der Waals surface area contributed by atoms with Crippen LogP contribution in [0.15, 0.2) is 24.3 Å². The van der Waals surface area contributed by atoms with Gasteiger partial charge in [-0.15, -0.1) is 0 Å². The third-order valence-corrected chi connectivity index (χ3v) is 5.40. The summed E-state index contributed by atoms with van der Waals surface area (Å²) in [6, 6.07) is 7.26. The Morgan fingerprint density at radius 1 is 1.12 bits per heavy atom. The normalized spacial score (nSPS) is 21.3. The lowest BCUT2D eigenvalue weighted by atomic mass is 10.1. The van der Waals surface area contributed by atoms with E-state index in [9.17, 15) is 9.59 Å². The molecule has 1 aromatic carbocycles. The molecular weight excluding hydrogens is 318 g/mol. The predicted octanol–water partition coefficient (Wildman–Crippen LogP) is 2.57.